The second-order valence-corrected chi connectivity index (χ2v) is 8.64. The van der Waals surface area contributed by atoms with Crippen molar-refractivity contribution in [1.82, 2.24) is 4.31 Å². The van der Waals surface area contributed by atoms with Crippen molar-refractivity contribution in [3.05, 3.63) is 65.2 Å². The third kappa shape index (κ3) is 4.83. The molecule has 1 aliphatic rings. The quantitative estimate of drug-likeness (QED) is 0.671. The lowest BCUT2D eigenvalue weighted by Crippen LogP contribution is -2.36. The van der Waals surface area contributed by atoms with Crippen molar-refractivity contribution in [1.29, 1.82) is 0 Å². The van der Waals surface area contributed by atoms with Crippen LogP contribution in [0.1, 0.15) is 45.5 Å². The summed E-state index contributed by atoms with van der Waals surface area (Å²) in [4.78, 5) is 24.2. The lowest BCUT2D eigenvalue weighted by atomic mass is 10.1. The molecule has 7 nitrogen and oxygen atoms in total. The lowest BCUT2D eigenvalue weighted by Gasteiger charge is -2.26. The van der Waals surface area contributed by atoms with Crippen molar-refractivity contribution in [3.63, 3.8) is 0 Å². The molecular weight excluding hydrogens is 394 g/mol. The molecule has 8 heteroatoms. The molecule has 0 amide bonds. The maximum absolute atomic E-state index is 13.0. The van der Waals surface area contributed by atoms with E-state index in [9.17, 15) is 18.0 Å². The number of piperidine rings is 1. The van der Waals surface area contributed by atoms with Gasteiger partial charge < -0.3 is 9.47 Å². The van der Waals surface area contributed by atoms with Gasteiger partial charge in [0.25, 0.3) is 0 Å². The van der Waals surface area contributed by atoms with Gasteiger partial charge in [0.1, 0.15) is 6.61 Å². The molecule has 0 saturated carbocycles. The van der Waals surface area contributed by atoms with Gasteiger partial charge in [0, 0.05) is 13.1 Å². The van der Waals surface area contributed by atoms with Crippen LogP contribution >= 0.6 is 0 Å². The molecule has 2 aromatic carbocycles. The Morgan fingerprint density at radius 3 is 2.41 bits per heavy atom. The van der Waals surface area contributed by atoms with E-state index in [1.807, 2.05) is 0 Å². The summed E-state index contributed by atoms with van der Waals surface area (Å²) in [5, 5.41) is 0. The van der Waals surface area contributed by atoms with Gasteiger partial charge in [-0.1, -0.05) is 30.7 Å². The molecule has 0 unspecified atom stereocenters. The van der Waals surface area contributed by atoms with E-state index in [0.29, 0.717) is 24.2 Å². The third-order valence-corrected chi connectivity index (χ3v) is 6.71. The fourth-order valence-corrected chi connectivity index (χ4v) is 4.93. The summed E-state index contributed by atoms with van der Waals surface area (Å²) in [6, 6.07) is 12.6. The Hall–Kier alpha value is -2.71. The first-order valence-electron chi connectivity index (χ1n) is 9.37. The molecular formula is C21H23NO6S. The number of ether oxygens (including phenoxy) is 2. The normalized spacial score (nSPS) is 14.9. The van der Waals surface area contributed by atoms with Crippen LogP contribution in [-0.2, 0) is 26.1 Å². The van der Waals surface area contributed by atoms with Gasteiger partial charge in [-0.15, -0.1) is 0 Å². The molecule has 2 aromatic rings. The van der Waals surface area contributed by atoms with E-state index in [-0.39, 0.29) is 17.1 Å². The summed E-state index contributed by atoms with van der Waals surface area (Å²) in [7, 11) is -2.48. The van der Waals surface area contributed by atoms with Crippen LogP contribution < -0.4 is 0 Å². The van der Waals surface area contributed by atoms with E-state index in [2.05, 4.69) is 4.74 Å². The molecule has 1 heterocycles. The number of carbonyl (C=O) groups excluding carboxylic acids is 2. The number of esters is 2. The van der Waals surface area contributed by atoms with E-state index < -0.39 is 22.0 Å². The van der Waals surface area contributed by atoms with Gasteiger partial charge in [-0.3, -0.25) is 0 Å². The Morgan fingerprint density at radius 1 is 0.966 bits per heavy atom. The molecule has 0 spiro atoms. The molecule has 1 saturated heterocycles. The van der Waals surface area contributed by atoms with E-state index in [1.165, 1.54) is 23.5 Å². The molecule has 0 aromatic heterocycles. The fourth-order valence-electron chi connectivity index (χ4n) is 3.24. The van der Waals surface area contributed by atoms with Crippen LogP contribution in [0.15, 0.2) is 53.4 Å². The zero-order chi connectivity index (χ0) is 20.9. The van der Waals surface area contributed by atoms with Gasteiger partial charge in [0.2, 0.25) is 10.0 Å². The number of rotatable bonds is 6. The van der Waals surface area contributed by atoms with E-state index in [1.54, 1.807) is 36.4 Å². The average molecular weight is 417 g/mol. The maximum Gasteiger partial charge on any atom is 0.339 e. The van der Waals surface area contributed by atoms with Crippen LogP contribution in [0.3, 0.4) is 0 Å². The van der Waals surface area contributed by atoms with Gasteiger partial charge in [0.05, 0.1) is 23.1 Å². The van der Waals surface area contributed by atoms with E-state index in [4.69, 9.17) is 4.74 Å². The highest BCUT2D eigenvalue weighted by Crippen LogP contribution is 2.24. The molecule has 1 aliphatic heterocycles. The largest absolute Gasteiger partial charge is 0.465 e. The summed E-state index contributed by atoms with van der Waals surface area (Å²) in [6.07, 6.45) is 2.62. The van der Waals surface area contributed by atoms with Crippen LogP contribution in [-0.4, -0.2) is 44.9 Å². The van der Waals surface area contributed by atoms with Crippen molar-refractivity contribution in [2.75, 3.05) is 20.2 Å². The molecule has 29 heavy (non-hydrogen) atoms. The van der Waals surface area contributed by atoms with E-state index in [0.717, 1.165) is 19.3 Å². The van der Waals surface area contributed by atoms with Gasteiger partial charge in [-0.25, -0.2) is 18.0 Å². The highest BCUT2D eigenvalue weighted by atomic mass is 32.2. The van der Waals surface area contributed by atoms with Crippen molar-refractivity contribution in [2.45, 2.75) is 30.8 Å². The lowest BCUT2D eigenvalue weighted by molar-refractivity contribution is 0.0468. The van der Waals surface area contributed by atoms with Crippen LogP contribution in [0, 0.1) is 0 Å². The summed E-state index contributed by atoms with van der Waals surface area (Å²) in [5.41, 5.74) is 0.939. The Kier molecular flexibility index (Phi) is 6.66. The van der Waals surface area contributed by atoms with Gasteiger partial charge in [0.15, 0.2) is 0 Å². The molecule has 154 valence electrons. The topological polar surface area (TPSA) is 90.0 Å². The predicted octanol–water partition coefficient (Wildman–Crippen LogP) is 3.00. The minimum Gasteiger partial charge on any atom is -0.465 e. The van der Waals surface area contributed by atoms with Crippen molar-refractivity contribution in [2.24, 2.45) is 0 Å². The number of hydrogen-bond acceptors (Lipinski definition) is 6. The smallest absolute Gasteiger partial charge is 0.339 e. The fraction of sp³-hybridized carbons (Fsp3) is 0.333. The molecule has 0 aliphatic carbocycles. The first kappa shape index (κ1) is 21.0. The molecule has 3 rings (SSSR count). The zero-order valence-electron chi connectivity index (χ0n) is 16.2. The Balaban J connectivity index is 1.78. The molecule has 0 atom stereocenters. The maximum atomic E-state index is 13.0. The predicted molar refractivity (Wildman–Crippen MR) is 106 cm³/mol. The summed E-state index contributed by atoms with van der Waals surface area (Å²) in [5.74, 6) is -1.22. The minimum atomic E-state index is -3.77. The van der Waals surface area contributed by atoms with Crippen molar-refractivity contribution in [3.8, 4) is 0 Å². The summed E-state index contributed by atoms with van der Waals surface area (Å²) in [6.45, 7) is 0.805. The average Bonchev–Trinajstić information content (AvgIpc) is 2.77. The van der Waals surface area contributed by atoms with Crippen LogP contribution in [0.2, 0.25) is 0 Å². The first-order valence-corrected chi connectivity index (χ1v) is 10.8. The monoisotopic (exact) mass is 417 g/mol. The number of nitrogens with zero attached hydrogens (tertiary/aromatic N) is 1. The Labute approximate surface area is 170 Å². The minimum absolute atomic E-state index is 0.00203. The standard InChI is InChI=1S/C21H23NO6S/c1-27-20(23)17-9-7-8-16(14-17)15-28-21(24)18-10-3-4-11-19(18)29(25,26)22-12-5-2-6-13-22/h3-4,7-11,14H,2,5-6,12-13,15H2,1H3. The second kappa shape index (κ2) is 9.19. The zero-order valence-corrected chi connectivity index (χ0v) is 17.0. The highest BCUT2D eigenvalue weighted by Gasteiger charge is 2.30. The molecule has 0 bridgehead atoms. The molecule has 1 fully saturated rings. The highest BCUT2D eigenvalue weighted by molar-refractivity contribution is 7.89. The first-order chi connectivity index (χ1) is 13.9. The Morgan fingerprint density at radius 2 is 1.69 bits per heavy atom. The Bertz CT molecular complexity index is 996. The van der Waals surface area contributed by atoms with Crippen LogP contribution in [0.5, 0.6) is 0 Å². The SMILES string of the molecule is COC(=O)c1cccc(COC(=O)c2ccccc2S(=O)(=O)N2CCCCC2)c1. The summed E-state index contributed by atoms with van der Waals surface area (Å²) >= 11 is 0. The molecule has 0 N–H and O–H groups in total. The van der Waals surface area contributed by atoms with Crippen molar-refractivity contribution >= 4 is 22.0 Å². The number of hydrogen-bond donors (Lipinski definition) is 0. The third-order valence-electron chi connectivity index (χ3n) is 4.76. The van der Waals surface area contributed by atoms with E-state index >= 15 is 0 Å². The van der Waals surface area contributed by atoms with Crippen LogP contribution in [0.25, 0.3) is 0 Å². The van der Waals surface area contributed by atoms with Crippen LogP contribution in [0.4, 0.5) is 0 Å². The number of methoxy groups -OCH3 is 1. The molecule has 0 radical (unpaired) electrons. The van der Waals surface area contributed by atoms with Gasteiger partial charge >= 0.3 is 11.9 Å². The number of benzene rings is 2. The number of carbonyl (C=O) groups is 2. The summed E-state index contributed by atoms with van der Waals surface area (Å²) < 4.78 is 37.4. The van der Waals surface area contributed by atoms with Gasteiger partial charge in [-0.05, 0) is 42.7 Å². The van der Waals surface area contributed by atoms with Crippen molar-refractivity contribution < 1.29 is 27.5 Å². The van der Waals surface area contributed by atoms with Gasteiger partial charge in [-0.2, -0.15) is 4.31 Å². The number of sulfonamides is 1. The second-order valence-electron chi connectivity index (χ2n) is 6.73.